The van der Waals surface area contributed by atoms with Gasteiger partial charge in [-0.1, -0.05) is 221 Å². The van der Waals surface area contributed by atoms with Crippen LogP contribution in [0.25, 0.3) is 0 Å². The molecule has 0 aromatic heterocycles. The Kier molecular flexibility index (Phi) is 52.4. The van der Waals surface area contributed by atoms with Gasteiger partial charge < -0.3 is 14.2 Å². The summed E-state index contributed by atoms with van der Waals surface area (Å²) in [6.07, 6.45) is 71.5. The molecule has 0 aliphatic heterocycles. The molecule has 1 unspecified atom stereocenters. The van der Waals surface area contributed by atoms with E-state index in [4.69, 9.17) is 14.2 Å². The SMILES string of the molecule is CC/C=C\C/C=C\C/C=C\CCCCCCC(=O)OCC(COC(=O)CCCCCCC/C=C\CCCCCCCCCCC)OC(=O)CCC/C=C\C/C=C\C/C=C\CCCCCCCC. The van der Waals surface area contributed by atoms with E-state index in [9.17, 15) is 14.4 Å². The van der Waals surface area contributed by atoms with Crippen LogP contribution in [0.1, 0.15) is 265 Å². The summed E-state index contributed by atoms with van der Waals surface area (Å²) in [5, 5.41) is 0. The van der Waals surface area contributed by atoms with Gasteiger partial charge in [0.1, 0.15) is 13.2 Å². The molecule has 6 heteroatoms. The molecule has 67 heavy (non-hydrogen) atoms. The third-order valence-corrected chi connectivity index (χ3v) is 11.9. The Morgan fingerprint density at radius 3 is 0.970 bits per heavy atom. The van der Waals surface area contributed by atoms with Crippen LogP contribution >= 0.6 is 0 Å². The summed E-state index contributed by atoms with van der Waals surface area (Å²) in [6, 6.07) is 0. The van der Waals surface area contributed by atoms with Gasteiger partial charge in [-0.3, -0.25) is 14.4 Å². The van der Waals surface area contributed by atoms with Crippen LogP contribution in [0.2, 0.25) is 0 Å². The predicted molar refractivity (Wildman–Crippen MR) is 288 cm³/mol. The smallest absolute Gasteiger partial charge is 0.306 e. The maximum atomic E-state index is 12.8. The number of allylic oxidation sites excluding steroid dienone is 14. The van der Waals surface area contributed by atoms with Crippen molar-refractivity contribution < 1.29 is 28.6 Å². The molecule has 1 atom stereocenters. The van der Waals surface area contributed by atoms with Gasteiger partial charge in [0.25, 0.3) is 0 Å². The van der Waals surface area contributed by atoms with Crippen LogP contribution in [0.15, 0.2) is 85.1 Å². The van der Waals surface area contributed by atoms with Crippen LogP contribution in [-0.4, -0.2) is 37.2 Å². The molecule has 6 nitrogen and oxygen atoms in total. The lowest BCUT2D eigenvalue weighted by Gasteiger charge is -2.18. The Morgan fingerprint density at radius 2 is 0.597 bits per heavy atom. The molecule has 0 saturated heterocycles. The molecule has 0 radical (unpaired) electrons. The Hall–Kier alpha value is -3.41. The second-order valence-electron chi connectivity index (χ2n) is 18.5. The summed E-state index contributed by atoms with van der Waals surface area (Å²) < 4.78 is 16.8. The van der Waals surface area contributed by atoms with E-state index in [0.29, 0.717) is 19.3 Å². The molecule has 0 aromatic carbocycles. The molecular weight excluding hydrogens is 829 g/mol. The van der Waals surface area contributed by atoms with Crippen molar-refractivity contribution in [2.75, 3.05) is 13.2 Å². The highest BCUT2D eigenvalue weighted by Crippen LogP contribution is 2.14. The fourth-order valence-corrected chi connectivity index (χ4v) is 7.64. The van der Waals surface area contributed by atoms with Crippen molar-refractivity contribution in [2.24, 2.45) is 0 Å². The fourth-order valence-electron chi connectivity index (χ4n) is 7.64. The van der Waals surface area contributed by atoms with E-state index >= 15 is 0 Å². The molecule has 0 N–H and O–H groups in total. The largest absolute Gasteiger partial charge is 0.462 e. The average molecular weight is 933 g/mol. The maximum Gasteiger partial charge on any atom is 0.306 e. The van der Waals surface area contributed by atoms with Gasteiger partial charge in [-0.15, -0.1) is 0 Å². The lowest BCUT2D eigenvalue weighted by molar-refractivity contribution is -0.167. The Morgan fingerprint density at radius 1 is 0.313 bits per heavy atom. The quantitative estimate of drug-likeness (QED) is 0.0262. The molecule has 0 spiro atoms. The first-order valence-corrected chi connectivity index (χ1v) is 28.1. The van der Waals surface area contributed by atoms with E-state index < -0.39 is 6.10 Å². The van der Waals surface area contributed by atoms with Crippen LogP contribution in [0.4, 0.5) is 0 Å². The zero-order valence-corrected chi connectivity index (χ0v) is 43.9. The average Bonchev–Trinajstić information content (AvgIpc) is 3.33. The monoisotopic (exact) mass is 933 g/mol. The van der Waals surface area contributed by atoms with Gasteiger partial charge in [-0.2, -0.15) is 0 Å². The van der Waals surface area contributed by atoms with Crippen molar-refractivity contribution in [3.05, 3.63) is 85.1 Å². The van der Waals surface area contributed by atoms with Crippen molar-refractivity contribution in [3.63, 3.8) is 0 Å². The number of esters is 3. The molecule has 0 saturated carbocycles. The number of rotatable bonds is 50. The number of ether oxygens (including phenoxy) is 3. The number of carbonyl (C=O) groups is 3. The number of unbranched alkanes of at least 4 members (excludes halogenated alkanes) is 25. The fraction of sp³-hybridized carbons (Fsp3) is 0.721. The Labute approximate surface area is 414 Å². The van der Waals surface area contributed by atoms with E-state index in [1.807, 2.05) is 0 Å². The zero-order chi connectivity index (χ0) is 48.6. The molecule has 0 rings (SSSR count). The first-order valence-electron chi connectivity index (χ1n) is 28.1. The summed E-state index contributed by atoms with van der Waals surface area (Å²) >= 11 is 0. The highest BCUT2D eigenvalue weighted by atomic mass is 16.6. The van der Waals surface area contributed by atoms with Crippen molar-refractivity contribution in [1.82, 2.24) is 0 Å². The van der Waals surface area contributed by atoms with Crippen LogP contribution in [0.3, 0.4) is 0 Å². The lowest BCUT2D eigenvalue weighted by atomic mass is 10.1. The first-order chi connectivity index (χ1) is 33.0. The van der Waals surface area contributed by atoms with Crippen LogP contribution in [0, 0.1) is 0 Å². The van der Waals surface area contributed by atoms with Gasteiger partial charge in [0.05, 0.1) is 0 Å². The van der Waals surface area contributed by atoms with Gasteiger partial charge in [-0.05, 0) is 109 Å². The summed E-state index contributed by atoms with van der Waals surface area (Å²) in [7, 11) is 0. The Balaban J connectivity index is 4.49. The van der Waals surface area contributed by atoms with Gasteiger partial charge in [-0.25, -0.2) is 0 Å². The first kappa shape index (κ1) is 63.6. The standard InChI is InChI=1S/C61H104O6/c1-4-7-10-13-16-19-22-25-28-30-32-33-36-39-42-45-48-51-54-60(63)66-57-58(56-65-59(62)53-50-47-44-41-38-35-27-24-21-18-15-12-9-6-3)67-61(64)55-52-49-46-43-40-37-34-31-29-26-23-20-17-14-11-8-5-2/h9,12,18,21,26-27,29,32-35,37,43,46,58H,4-8,10-11,13-17,19-20,22-25,28,30-31,36,38-42,44-45,47-57H2,1-3H3/b12-9-,21-18-,29-26-,33-32-,35-27-,37-34-,46-43-. The molecular formula is C61H104O6. The Bertz CT molecular complexity index is 1300. The number of hydrogen-bond donors (Lipinski definition) is 0. The van der Waals surface area contributed by atoms with E-state index in [0.717, 1.165) is 103 Å². The second-order valence-corrected chi connectivity index (χ2v) is 18.5. The zero-order valence-electron chi connectivity index (χ0n) is 43.9. The third-order valence-electron chi connectivity index (χ3n) is 11.9. The molecule has 0 heterocycles. The molecule has 0 bridgehead atoms. The minimum atomic E-state index is -0.816. The normalized spacial score (nSPS) is 12.7. The topological polar surface area (TPSA) is 78.9 Å². The number of carbonyl (C=O) groups excluding carboxylic acids is 3. The highest BCUT2D eigenvalue weighted by Gasteiger charge is 2.19. The summed E-state index contributed by atoms with van der Waals surface area (Å²) in [6.45, 7) is 6.46. The van der Waals surface area contributed by atoms with Crippen LogP contribution < -0.4 is 0 Å². The molecule has 0 fully saturated rings. The second kappa shape index (κ2) is 55.2. The number of hydrogen-bond acceptors (Lipinski definition) is 6. The van der Waals surface area contributed by atoms with Crippen molar-refractivity contribution in [1.29, 1.82) is 0 Å². The molecule has 384 valence electrons. The molecule has 0 aliphatic carbocycles. The van der Waals surface area contributed by atoms with E-state index in [2.05, 4.69) is 106 Å². The van der Waals surface area contributed by atoms with E-state index in [-0.39, 0.29) is 37.5 Å². The van der Waals surface area contributed by atoms with E-state index in [1.165, 1.54) is 116 Å². The molecule has 0 amide bonds. The third kappa shape index (κ3) is 53.4. The highest BCUT2D eigenvalue weighted by molar-refractivity contribution is 5.71. The minimum absolute atomic E-state index is 0.108. The van der Waals surface area contributed by atoms with Gasteiger partial charge in [0.2, 0.25) is 0 Å². The minimum Gasteiger partial charge on any atom is -0.462 e. The van der Waals surface area contributed by atoms with Crippen LogP contribution in [-0.2, 0) is 28.6 Å². The van der Waals surface area contributed by atoms with Gasteiger partial charge >= 0.3 is 17.9 Å². The predicted octanol–water partition coefficient (Wildman–Crippen LogP) is 18.8. The lowest BCUT2D eigenvalue weighted by Crippen LogP contribution is -2.30. The maximum absolute atomic E-state index is 12.8. The van der Waals surface area contributed by atoms with Gasteiger partial charge in [0.15, 0.2) is 6.10 Å². The van der Waals surface area contributed by atoms with Crippen molar-refractivity contribution >= 4 is 17.9 Å². The summed E-state index contributed by atoms with van der Waals surface area (Å²) in [5.41, 5.74) is 0. The van der Waals surface area contributed by atoms with Crippen molar-refractivity contribution in [2.45, 2.75) is 271 Å². The van der Waals surface area contributed by atoms with Crippen molar-refractivity contribution in [3.8, 4) is 0 Å². The summed E-state index contributed by atoms with van der Waals surface area (Å²) in [4.78, 5) is 38.1. The van der Waals surface area contributed by atoms with Crippen LogP contribution in [0.5, 0.6) is 0 Å². The molecule has 0 aromatic rings. The summed E-state index contributed by atoms with van der Waals surface area (Å²) in [5.74, 6) is -0.988. The van der Waals surface area contributed by atoms with E-state index in [1.54, 1.807) is 0 Å². The molecule has 0 aliphatic rings. The van der Waals surface area contributed by atoms with Gasteiger partial charge in [0, 0.05) is 19.3 Å².